The molecule has 1 aliphatic heterocycles. The molecule has 0 amide bonds. The number of halogens is 1. The predicted octanol–water partition coefficient (Wildman–Crippen LogP) is 3.76. The molecule has 0 radical (unpaired) electrons. The molecule has 0 unspecified atom stereocenters. The van der Waals surface area contributed by atoms with Crippen LogP contribution in [-0.4, -0.2) is 38.3 Å². The predicted molar refractivity (Wildman–Crippen MR) is 95.3 cm³/mol. The maximum absolute atomic E-state index is 13.4. The Morgan fingerprint density at radius 2 is 2.19 bits per heavy atom. The van der Waals surface area contributed by atoms with Gasteiger partial charge in [0.05, 0.1) is 12.5 Å². The zero-order valence-corrected chi connectivity index (χ0v) is 15.4. The van der Waals surface area contributed by atoms with Crippen molar-refractivity contribution in [2.45, 2.75) is 45.1 Å². The van der Waals surface area contributed by atoms with Gasteiger partial charge in [0.25, 0.3) is 0 Å². The number of nitrogens with zero attached hydrogens (tertiary/aromatic N) is 5. The molecular formula is C19H22FN5O2. The van der Waals surface area contributed by atoms with Gasteiger partial charge in [-0.15, -0.1) is 10.2 Å². The second kappa shape index (κ2) is 7.56. The Bertz CT molecular complexity index is 907. The third kappa shape index (κ3) is 4.05. The van der Waals surface area contributed by atoms with E-state index in [1.54, 1.807) is 12.1 Å². The van der Waals surface area contributed by atoms with Crippen molar-refractivity contribution in [3.05, 3.63) is 47.7 Å². The molecule has 142 valence electrons. The van der Waals surface area contributed by atoms with Crippen molar-refractivity contribution in [1.29, 1.82) is 0 Å². The van der Waals surface area contributed by atoms with E-state index in [4.69, 9.17) is 8.94 Å². The minimum Gasteiger partial charge on any atom is -0.419 e. The monoisotopic (exact) mass is 371 g/mol. The van der Waals surface area contributed by atoms with Crippen LogP contribution >= 0.6 is 0 Å². The first kappa shape index (κ1) is 17.8. The van der Waals surface area contributed by atoms with Crippen LogP contribution in [0.2, 0.25) is 0 Å². The van der Waals surface area contributed by atoms with Gasteiger partial charge in [-0.05, 0) is 37.6 Å². The van der Waals surface area contributed by atoms with Gasteiger partial charge >= 0.3 is 0 Å². The second-order valence-corrected chi connectivity index (χ2v) is 7.23. The Labute approximate surface area is 156 Å². The highest BCUT2D eigenvalue weighted by molar-refractivity contribution is 5.52. The Morgan fingerprint density at radius 1 is 1.30 bits per heavy atom. The lowest BCUT2D eigenvalue weighted by molar-refractivity contribution is 0.167. The summed E-state index contributed by atoms with van der Waals surface area (Å²) in [6.45, 7) is 6.39. The lowest BCUT2D eigenvalue weighted by atomic mass is 9.98. The Balaban J connectivity index is 1.42. The van der Waals surface area contributed by atoms with Crippen LogP contribution in [0.4, 0.5) is 4.39 Å². The summed E-state index contributed by atoms with van der Waals surface area (Å²) < 4.78 is 24.6. The van der Waals surface area contributed by atoms with Gasteiger partial charge in [-0.2, -0.15) is 4.98 Å². The highest BCUT2D eigenvalue weighted by atomic mass is 19.1. The molecule has 1 aromatic carbocycles. The first-order valence-electron chi connectivity index (χ1n) is 9.22. The van der Waals surface area contributed by atoms with Crippen molar-refractivity contribution in [2.75, 3.05) is 13.1 Å². The van der Waals surface area contributed by atoms with Crippen molar-refractivity contribution in [2.24, 2.45) is 0 Å². The van der Waals surface area contributed by atoms with E-state index in [0.717, 1.165) is 31.8 Å². The van der Waals surface area contributed by atoms with E-state index >= 15 is 0 Å². The van der Waals surface area contributed by atoms with E-state index in [2.05, 4.69) is 25.2 Å². The van der Waals surface area contributed by atoms with E-state index in [0.29, 0.717) is 29.8 Å². The Morgan fingerprint density at radius 3 is 2.96 bits per heavy atom. The van der Waals surface area contributed by atoms with Gasteiger partial charge in [-0.1, -0.05) is 25.1 Å². The fourth-order valence-corrected chi connectivity index (χ4v) is 3.30. The molecule has 0 aliphatic carbocycles. The van der Waals surface area contributed by atoms with Crippen molar-refractivity contribution >= 4 is 0 Å². The highest BCUT2D eigenvalue weighted by Gasteiger charge is 2.27. The van der Waals surface area contributed by atoms with Gasteiger partial charge in [0, 0.05) is 18.0 Å². The topological polar surface area (TPSA) is 81.1 Å². The molecule has 2 aromatic heterocycles. The van der Waals surface area contributed by atoms with Gasteiger partial charge in [0.1, 0.15) is 5.82 Å². The van der Waals surface area contributed by atoms with Crippen molar-refractivity contribution in [3.63, 3.8) is 0 Å². The molecule has 0 bridgehead atoms. The molecule has 1 fully saturated rings. The molecule has 0 N–H and O–H groups in total. The molecule has 3 heterocycles. The first-order chi connectivity index (χ1) is 13.1. The summed E-state index contributed by atoms with van der Waals surface area (Å²) in [6, 6.07) is 6.14. The van der Waals surface area contributed by atoms with Crippen LogP contribution in [-0.2, 0) is 6.54 Å². The third-order valence-corrected chi connectivity index (χ3v) is 4.73. The van der Waals surface area contributed by atoms with Gasteiger partial charge in [-0.25, -0.2) is 4.39 Å². The first-order valence-corrected chi connectivity index (χ1v) is 9.22. The maximum Gasteiger partial charge on any atom is 0.247 e. The van der Waals surface area contributed by atoms with E-state index in [9.17, 15) is 4.39 Å². The van der Waals surface area contributed by atoms with Gasteiger partial charge in [0.15, 0.2) is 5.82 Å². The average molecular weight is 371 g/mol. The fourth-order valence-electron chi connectivity index (χ4n) is 3.30. The van der Waals surface area contributed by atoms with Crippen molar-refractivity contribution < 1.29 is 13.3 Å². The number of hydrogen-bond acceptors (Lipinski definition) is 7. The van der Waals surface area contributed by atoms with Crippen LogP contribution in [0.25, 0.3) is 11.5 Å². The fraction of sp³-hybridized carbons (Fsp3) is 0.474. The number of likely N-dealkylation sites (tertiary alicyclic amines) is 1. The van der Waals surface area contributed by atoms with Crippen LogP contribution in [0.5, 0.6) is 0 Å². The lowest BCUT2D eigenvalue weighted by Gasteiger charge is -2.29. The van der Waals surface area contributed by atoms with Crippen molar-refractivity contribution in [1.82, 2.24) is 25.2 Å². The molecule has 7 nitrogen and oxygen atoms in total. The summed E-state index contributed by atoms with van der Waals surface area (Å²) in [4.78, 5) is 6.78. The minimum absolute atomic E-state index is 0.212. The normalized spacial score (nSPS) is 18.3. The molecule has 0 saturated carbocycles. The van der Waals surface area contributed by atoms with Crippen LogP contribution in [0, 0.1) is 5.82 Å². The lowest BCUT2D eigenvalue weighted by Crippen LogP contribution is -2.34. The summed E-state index contributed by atoms with van der Waals surface area (Å²) in [7, 11) is 0. The number of rotatable bonds is 5. The van der Waals surface area contributed by atoms with Crippen LogP contribution in [0.15, 0.2) is 33.2 Å². The summed E-state index contributed by atoms with van der Waals surface area (Å²) in [5.41, 5.74) is 0.581. The molecule has 4 rings (SSSR count). The second-order valence-electron chi connectivity index (χ2n) is 7.23. The van der Waals surface area contributed by atoms with Gasteiger partial charge in [0.2, 0.25) is 17.7 Å². The van der Waals surface area contributed by atoms with E-state index in [-0.39, 0.29) is 17.7 Å². The van der Waals surface area contributed by atoms with Crippen LogP contribution in [0.1, 0.15) is 56.1 Å². The summed E-state index contributed by atoms with van der Waals surface area (Å²) >= 11 is 0. The van der Waals surface area contributed by atoms with Gasteiger partial charge in [-0.3, -0.25) is 4.90 Å². The molecule has 27 heavy (non-hydrogen) atoms. The minimum atomic E-state index is -0.327. The number of aromatic nitrogens is 4. The number of hydrogen-bond donors (Lipinski definition) is 0. The van der Waals surface area contributed by atoms with Gasteiger partial charge < -0.3 is 8.94 Å². The summed E-state index contributed by atoms with van der Waals surface area (Å²) in [6.07, 6.45) is 2.06. The molecule has 1 aliphatic rings. The van der Waals surface area contributed by atoms with Crippen LogP contribution in [0.3, 0.4) is 0 Å². The Kier molecular flexibility index (Phi) is 4.98. The molecule has 1 saturated heterocycles. The molecule has 1 atom stereocenters. The summed E-state index contributed by atoms with van der Waals surface area (Å²) in [5.74, 6) is 2.44. The molecule has 8 heteroatoms. The third-order valence-electron chi connectivity index (χ3n) is 4.73. The average Bonchev–Trinajstić information content (AvgIpc) is 3.32. The highest BCUT2D eigenvalue weighted by Crippen LogP contribution is 2.28. The molecular weight excluding hydrogens is 349 g/mol. The quantitative estimate of drug-likeness (QED) is 0.675. The largest absolute Gasteiger partial charge is 0.419 e. The van der Waals surface area contributed by atoms with E-state index in [1.807, 2.05) is 13.8 Å². The standard InChI is InChI=1S/C19H22FN5O2/c1-12(2)17-21-18(27-24-17)14-6-4-8-25(10-14)11-16-22-23-19(26-16)13-5-3-7-15(20)9-13/h3,5,7,9,12,14H,4,6,8,10-11H2,1-2H3/t14-/m0/s1. The molecule has 3 aromatic rings. The molecule has 0 spiro atoms. The SMILES string of the molecule is CC(C)c1noc([C@H]2CCCN(Cc3nnc(-c4cccc(F)c4)o3)C2)n1. The van der Waals surface area contributed by atoms with Crippen molar-refractivity contribution in [3.8, 4) is 11.5 Å². The van der Waals surface area contributed by atoms with Crippen LogP contribution < -0.4 is 0 Å². The zero-order valence-electron chi connectivity index (χ0n) is 15.4. The number of piperidine rings is 1. The summed E-state index contributed by atoms with van der Waals surface area (Å²) in [5, 5.41) is 12.2. The number of benzene rings is 1. The van der Waals surface area contributed by atoms with E-state index in [1.165, 1.54) is 12.1 Å². The smallest absolute Gasteiger partial charge is 0.247 e. The zero-order chi connectivity index (χ0) is 18.8. The Hall–Kier alpha value is -2.61. The maximum atomic E-state index is 13.4. The van der Waals surface area contributed by atoms with E-state index < -0.39 is 0 Å².